The van der Waals surface area contributed by atoms with Crippen molar-refractivity contribution in [2.45, 2.75) is 26.4 Å². The maximum Gasteiger partial charge on any atom is 0.328 e. The summed E-state index contributed by atoms with van der Waals surface area (Å²) >= 11 is 6.04. The first kappa shape index (κ1) is 25.2. The first-order valence-corrected chi connectivity index (χ1v) is 11.7. The number of carbonyl (C=O) groups is 3. The number of para-hydroxylation sites is 1. The third-order valence-corrected chi connectivity index (χ3v) is 6.35. The van der Waals surface area contributed by atoms with Crippen molar-refractivity contribution < 1.29 is 23.5 Å². The van der Waals surface area contributed by atoms with Crippen molar-refractivity contribution >= 4 is 40.9 Å². The van der Waals surface area contributed by atoms with Crippen LogP contribution in [0.15, 0.2) is 60.7 Å². The van der Waals surface area contributed by atoms with E-state index in [2.05, 4.69) is 10.6 Å². The minimum Gasteiger partial charge on any atom is -0.467 e. The van der Waals surface area contributed by atoms with Crippen LogP contribution in [-0.4, -0.2) is 36.0 Å². The number of amides is 3. The van der Waals surface area contributed by atoms with Gasteiger partial charge in [0.05, 0.1) is 23.5 Å². The second-order valence-corrected chi connectivity index (χ2v) is 9.18. The normalized spacial score (nSPS) is 13.4. The van der Waals surface area contributed by atoms with Crippen molar-refractivity contribution in [1.29, 1.82) is 0 Å². The van der Waals surface area contributed by atoms with Crippen molar-refractivity contribution in [2.75, 3.05) is 17.7 Å². The number of esters is 1. The number of ether oxygens (including phenoxy) is 1. The number of hydrogen-bond acceptors (Lipinski definition) is 4. The molecule has 1 aliphatic rings. The van der Waals surface area contributed by atoms with Gasteiger partial charge in [-0.05, 0) is 52.9 Å². The summed E-state index contributed by atoms with van der Waals surface area (Å²) in [6.45, 7) is 4.01. The van der Waals surface area contributed by atoms with E-state index in [0.29, 0.717) is 33.9 Å². The van der Waals surface area contributed by atoms with Crippen molar-refractivity contribution in [1.82, 2.24) is 4.90 Å². The third kappa shape index (κ3) is 5.04. The van der Waals surface area contributed by atoms with Gasteiger partial charge >= 0.3 is 12.0 Å². The number of fused-ring (bicyclic) bond motifs is 1. The minimum absolute atomic E-state index is 0.00966. The molecule has 0 spiro atoms. The fourth-order valence-electron chi connectivity index (χ4n) is 4.24. The number of rotatable bonds is 6. The van der Waals surface area contributed by atoms with E-state index in [1.54, 1.807) is 48.5 Å². The Morgan fingerprint density at radius 2 is 1.67 bits per heavy atom. The summed E-state index contributed by atoms with van der Waals surface area (Å²) < 4.78 is 19.8. The number of methoxy groups -OCH3 is 1. The second-order valence-electron chi connectivity index (χ2n) is 8.77. The lowest BCUT2D eigenvalue weighted by molar-refractivity contribution is -0.147. The zero-order valence-electron chi connectivity index (χ0n) is 20.0. The van der Waals surface area contributed by atoms with E-state index >= 15 is 0 Å². The quantitative estimate of drug-likeness (QED) is 0.402. The van der Waals surface area contributed by atoms with Crippen LogP contribution in [0.3, 0.4) is 0 Å². The number of halogens is 2. The van der Waals surface area contributed by atoms with Gasteiger partial charge in [0.1, 0.15) is 11.9 Å². The molecule has 1 aliphatic heterocycles. The molecule has 2 N–H and O–H groups in total. The number of benzene rings is 3. The van der Waals surface area contributed by atoms with Gasteiger partial charge < -0.3 is 20.3 Å². The van der Waals surface area contributed by atoms with E-state index in [1.807, 2.05) is 13.8 Å². The smallest absolute Gasteiger partial charge is 0.328 e. The van der Waals surface area contributed by atoms with Crippen LogP contribution in [0.4, 0.5) is 20.6 Å². The van der Waals surface area contributed by atoms with Crippen LogP contribution in [0.5, 0.6) is 0 Å². The van der Waals surface area contributed by atoms with Gasteiger partial charge in [0.25, 0.3) is 5.91 Å². The molecule has 1 unspecified atom stereocenters. The molecule has 0 aromatic heterocycles. The summed E-state index contributed by atoms with van der Waals surface area (Å²) in [5.41, 5.74) is 2.81. The molecule has 0 bridgehead atoms. The lowest BCUT2D eigenvalue weighted by atomic mass is 10.00. The van der Waals surface area contributed by atoms with Gasteiger partial charge in [-0.3, -0.25) is 4.79 Å². The van der Waals surface area contributed by atoms with Crippen LogP contribution >= 0.6 is 11.6 Å². The van der Waals surface area contributed by atoms with Crippen molar-refractivity contribution in [3.05, 3.63) is 82.6 Å². The summed E-state index contributed by atoms with van der Waals surface area (Å²) in [6.07, 6.45) is 0. The molecule has 0 saturated heterocycles. The Labute approximate surface area is 213 Å². The predicted molar refractivity (Wildman–Crippen MR) is 136 cm³/mol. The van der Waals surface area contributed by atoms with Crippen LogP contribution < -0.4 is 10.6 Å². The largest absolute Gasteiger partial charge is 0.467 e. The summed E-state index contributed by atoms with van der Waals surface area (Å²) in [4.78, 5) is 39.2. The zero-order valence-corrected chi connectivity index (χ0v) is 20.7. The Bertz CT molecular complexity index is 1340. The molecule has 1 atom stereocenters. The Morgan fingerprint density at radius 3 is 2.33 bits per heavy atom. The number of anilines is 2. The van der Waals surface area contributed by atoms with E-state index in [1.165, 1.54) is 24.1 Å². The molecule has 3 aromatic carbocycles. The predicted octanol–water partition coefficient (Wildman–Crippen LogP) is 5.94. The summed E-state index contributed by atoms with van der Waals surface area (Å²) in [7, 11) is 1.30. The number of carbonyl (C=O) groups excluding carboxylic acids is 3. The molecule has 7 nitrogen and oxygen atoms in total. The first-order valence-electron chi connectivity index (χ1n) is 11.3. The fraction of sp³-hybridized carbons (Fsp3) is 0.222. The van der Waals surface area contributed by atoms with Gasteiger partial charge in [0, 0.05) is 12.1 Å². The lowest BCUT2D eigenvalue weighted by Crippen LogP contribution is -2.45. The zero-order chi connectivity index (χ0) is 26.0. The minimum atomic E-state index is -0.696. The van der Waals surface area contributed by atoms with Gasteiger partial charge in [-0.15, -0.1) is 0 Å². The van der Waals surface area contributed by atoms with E-state index in [-0.39, 0.29) is 17.5 Å². The molecule has 0 radical (unpaired) electrons. The van der Waals surface area contributed by atoms with Gasteiger partial charge in [-0.1, -0.05) is 55.8 Å². The summed E-state index contributed by atoms with van der Waals surface area (Å²) in [5, 5.41) is 5.41. The highest BCUT2D eigenvalue weighted by Crippen LogP contribution is 2.32. The van der Waals surface area contributed by atoms with E-state index in [9.17, 15) is 18.8 Å². The Morgan fingerprint density at radius 1 is 1.00 bits per heavy atom. The molecular weight excluding hydrogens is 485 g/mol. The third-order valence-electron chi connectivity index (χ3n) is 6.02. The number of nitrogens with one attached hydrogen (secondary N) is 2. The average Bonchev–Trinajstić information content (AvgIpc) is 3.16. The highest BCUT2D eigenvalue weighted by atomic mass is 35.5. The molecule has 186 valence electrons. The molecular formula is C27H25ClFN3O4. The topological polar surface area (TPSA) is 87.7 Å². The van der Waals surface area contributed by atoms with E-state index in [0.717, 1.165) is 5.56 Å². The Kier molecular flexibility index (Phi) is 7.26. The van der Waals surface area contributed by atoms with Crippen LogP contribution in [0.25, 0.3) is 11.1 Å². The van der Waals surface area contributed by atoms with E-state index < -0.39 is 23.9 Å². The van der Waals surface area contributed by atoms with Crippen LogP contribution in [0.1, 0.15) is 29.8 Å². The lowest BCUT2D eigenvalue weighted by Gasteiger charge is -2.28. The van der Waals surface area contributed by atoms with Crippen LogP contribution in [0.2, 0.25) is 5.02 Å². The molecule has 0 saturated carbocycles. The Hall–Kier alpha value is -3.91. The molecule has 0 fully saturated rings. The van der Waals surface area contributed by atoms with Crippen molar-refractivity contribution in [2.24, 2.45) is 5.92 Å². The maximum absolute atomic E-state index is 14.9. The average molecular weight is 510 g/mol. The molecule has 9 heteroatoms. The van der Waals surface area contributed by atoms with E-state index in [4.69, 9.17) is 16.3 Å². The van der Waals surface area contributed by atoms with Crippen LogP contribution in [0, 0.1) is 11.7 Å². The van der Waals surface area contributed by atoms with Crippen LogP contribution in [-0.2, 0) is 16.1 Å². The molecule has 36 heavy (non-hydrogen) atoms. The molecule has 3 amide bonds. The van der Waals surface area contributed by atoms with Crippen molar-refractivity contribution in [3.8, 4) is 11.1 Å². The first-order chi connectivity index (χ1) is 17.2. The van der Waals surface area contributed by atoms with Gasteiger partial charge in [0.15, 0.2) is 0 Å². The SMILES string of the molecule is COC(=O)C(C(C)C)N1Cc2ccc(-c3ccc(NC(=O)Nc4ccccc4Cl)c(F)c3)cc2C1=O. The molecule has 3 aromatic rings. The highest BCUT2D eigenvalue weighted by Gasteiger charge is 2.38. The fourth-order valence-corrected chi connectivity index (χ4v) is 4.43. The number of nitrogens with zero attached hydrogens (tertiary/aromatic N) is 1. The number of hydrogen-bond donors (Lipinski definition) is 2. The standard InChI is InChI=1S/C27H25ClFN3O4/c1-15(2)24(26(34)36-3)32-14-18-9-8-16(12-19(18)25(32)33)17-10-11-23(21(29)13-17)31-27(35)30-22-7-5-4-6-20(22)28/h4-13,15,24H,14H2,1-3H3,(H2,30,31,35). The second kappa shape index (κ2) is 10.4. The molecule has 4 rings (SSSR count). The maximum atomic E-state index is 14.9. The molecule has 0 aliphatic carbocycles. The van der Waals surface area contributed by atoms with Gasteiger partial charge in [0.2, 0.25) is 0 Å². The highest BCUT2D eigenvalue weighted by molar-refractivity contribution is 6.33. The van der Waals surface area contributed by atoms with Crippen molar-refractivity contribution in [3.63, 3.8) is 0 Å². The summed E-state index contributed by atoms with van der Waals surface area (Å²) in [6, 6.07) is 15.1. The van der Waals surface area contributed by atoms with Gasteiger partial charge in [-0.25, -0.2) is 14.0 Å². The van der Waals surface area contributed by atoms with Gasteiger partial charge in [-0.2, -0.15) is 0 Å². The number of urea groups is 1. The molecule has 1 heterocycles. The monoisotopic (exact) mass is 509 g/mol. The Balaban J connectivity index is 1.52. The summed E-state index contributed by atoms with van der Waals surface area (Å²) in [5.74, 6) is -1.50.